The van der Waals surface area contributed by atoms with E-state index in [-0.39, 0.29) is 11.9 Å². The first-order chi connectivity index (χ1) is 15.6. The Morgan fingerprint density at radius 2 is 1.97 bits per heavy atom. The van der Waals surface area contributed by atoms with E-state index in [9.17, 15) is 9.59 Å². The highest BCUT2D eigenvalue weighted by molar-refractivity contribution is 9.10. The Morgan fingerprint density at radius 1 is 1.24 bits per heavy atom. The topological polar surface area (TPSA) is 89.4 Å². The largest absolute Gasteiger partial charge is 0.444 e. The number of ether oxygens (including phenoxy) is 1. The van der Waals surface area contributed by atoms with Crippen molar-refractivity contribution in [2.75, 3.05) is 19.3 Å². The molecule has 33 heavy (non-hydrogen) atoms. The number of halogens is 1. The van der Waals surface area contributed by atoms with E-state index in [2.05, 4.69) is 31.2 Å². The standard InChI is InChI=1S/C23H26BrN5O3S/c1-23(2,3)32-22(31)27-16-7-8-28(12-16)20(30)14-5-6-17-18(9-14)29(13-19(17)33-4)21-25-10-15(24)11-26-21/h5-6,9-11,13,16H,7-8,12H2,1-4H3,(H,27,31)/t16-/m1/s1. The van der Waals surface area contributed by atoms with Crippen molar-refractivity contribution in [2.45, 2.75) is 43.7 Å². The molecular weight excluding hydrogens is 506 g/mol. The predicted molar refractivity (Wildman–Crippen MR) is 132 cm³/mol. The van der Waals surface area contributed by atoms with Gasteiger partial charge in [0.1, 0.15) is 5.60 Å². The summed E-state index contributed by atoms with van der Waals surface area (Å²) in [6, 6.07) is 5.58. The third-order valence-corrected chi connectivity index (χ3v) is 6.43. The Kier molecular flexibility index (Phi) is 6.67. The normalized spacial score (nSPS) is 16.3. The number of amides is 2. The fraction of sp³-hybridized carbons (Fsp3) is 0.391. The molecule has 1 aliphatic heterocycles. The van der Waals surface area contributed by atoms with Crippen molar-refractivity contribution in [3.05, 3.63) is 46.8 Å². The van der Waals surface area contributed by atoms with Crippen LogP contribution in [0, 0.1) is 0 Å². The smallest absolute Gasteiger partial charge is 0.407 e. The van der Waals surface area contributed by atoms with Gasteiger partial charge in [0.05, 0.1) is 16.0 Å². The number of hydrogen-bond acceptors (Lipinski definition) is 6. The summed E-state index contributed by atoms with van der Waals surface area (Å²) < 4.78 is 8.03. The number of fused-ring (bicyclic) bond motifs is 1. The van der Waals surface area contributed by atoms with E-state index in [4.69, 9.17) is 4.74 Å². The van der Waals surface area contributed by atoms with Gasteiger partial charge in [-0.15, -0.1) is 11.8 Å². The molecule has 10 heteroatoms. The van der Waals surface area contributed by atoms with Gasteiger partial charge in [-0.1, -0.05) is 6.07 Å². The number of benzene rings is 1. The van der Waals surface area contributed by atoms with E-state index in [1.54, 1.807) is 29.1 Å². The third kappa shape index (κ3) is 5.33. The molecule has 1 aromatic carbocycles. The number of thioether (sulfide) groups is 1. The van der Waals surface area contributed by atoms with Crippen molar-refractivity contribution in [3.63, 3.8) is 0 Å². The number of likely N-dealkylation sites (tertiary alicyclic amines) is 1. The highest BCUT2D eigenvalue weighted by Crippen LogP contribution is 2.31. The van der Waals surface area contributed by atoms with Crippen LogP contribution in [0.2, 0.25) is 0 Å². The highest BCUT2D eigenvalue weighted by Gasteiger charge is 2.29. The van der Waals surface area contributed by atoms with E-state index >= 15 is 0 Å². The number of nitrogens with zero attached hydrogens (tertiary/aromatic N) is 4. The van der Waals surface area contributed by atoms with Gasteiger partial charge >= 0.3 is 6.09 Å². The number of alkyl carbamates (subject to hydrolysis) is 1. The van der Waals surface area contributed by atoms with Gasteiger partial charge in [0.15, 0.2) is 0 Å². The van der Waals surface area contributed by atoms with Gasteiger partial charge in [-0.25, -0.2) is 14.8 Å². The molecule has 2 aromatic heterocycles. The fourth-order valence-electron chi connectivity index (χ4n) is 3.81. The van der Waals surface area contributed by atoms with Gasteiger partial charge in [0.2, 0.25) is 5.95 Å². The van der Waals surface area contributed by atoms with Crippen LogP contribution >= 0.6 is 27.7 Å². The molecule has 0 spiro atoms. The third-order valence-electron chi connectivity index (χ3n) is 5.25. The van der Waals surface area contributed by atoms with Crippen molar-refractivity contribution in [2.24, 2.45) is 0 Å². The molecule has 3 aromatic rings. The molecule has 1 saturated heterocycles. The molecule has 2 amide bonds. The molecule has 1 N–H and O–H groups in total. The van der Waals surface area contributed by atoms with E-state index in [1.807, 2.05) is 56.0 Å². The summed E-state index contributed by atoms with van der Waals surface area (Å²) >= 11 is 5.00. The quantitative estimate of drug-likeness (QED) is 0.493. The van der Waals surface area contributed by atoms with Crippen LogP contribution in [0.15, 0.2) is 46.2 Å². The van der Waals surface area contributed by atoms with Crippen molar-refractivity contribution in [1.82, 2.24) is 24.8 Å². The Balaban J connectivity index is 1.55. The molecule has 0 saturated carbocycles. The Morgan fingerprint density at radius 3 is 2.64 bits per heavy atom. The van der Waals surface area contributed by atoms with Gasteiger partial charge in [0.25, 0.3) is 5.91 Å². The zero-order chi connectivity index (χ0) is 23.8. The van der Waals surface area contributed by atoms with Crippen LogP contribution in [-0.2, 0) is 4.74 Å². The van der Waals surface area contributed by atoms with Crippen LogP contribution in [0.3, 0.4) is 0 Å². The van der Waals surface area contributed by atoms with Crippen LogP contribution < -0.4 is 5.32 Å². The summed E-state index contributed by atoms with van der Waals surface area (Å²) in [4.78, 5) is 37.0. The molecule has 3 heterocycles. The van der Waals surface area contributed by atoms with Crippen LogP contribution in [0.4, 0.5) is 4.79 Å². The number of nitrogens with one attached hydrogen (secondary N) is 1. The molecule has 4 rings (SSSR count). The molecule has 0 aliphatic carbocycles. The van der Waals surface area contributed by atoms with Gasteiger partial charge in [-0.05, 0) is 61.5 Å². The molecule has 174 valence electrons. The fourth-order valence-corrected chi connectivity index (χ4v) is 4.61. The molecular formula is C23H26BrN5O3S. The zero-order valence-corrected chi connectivity index (χ0v) is 21.4. The average molecular weight is 532 g/mol. The summed E-state index contributed by atoms with van der Waals surface area (Å²) in [5.41, 5.74) is 0.899. The van der Waals surface area contributed by atoms with Crippen LogP contribution in [-0.4, -0.2) is 62.4 Å². The molecule has 1 aliphatic rings. The molecule has 8 nitrogen and oxygen atoms in total. The number of rotatable bonds is 4. The maximum Gasteiger partial charge on any atom is 0.407 e. The summed E-state index contributed by atoms with van der Waals surface area (Å²) in [6.07, 6.45) is 7.63. The van der Waals surface area contributed by atoms with Gasteiger partial charge < -0.3 is 15.0 Å². The Bertz CT molecular complexity index is 1190. The maximum absolute atomic E-state index is 13.2. The predicted octanol–water partition coefficient (Wildman–Crippen LogP) is 4.64. The molecule has 0 bridgehead atoms. The molecule has 1 fully saturated rings. The number of hydrogen-bond donors (Lipinski definition) is 1. The van der Waals surface area contributed by atoms with E-state index < -0.39 is 11.7 Å². The van der Waals surface area contributed by atoms with Crippen molar-refractivity contribution >= 4 is 50.6 Å². The van der Waals surface area contributed by atoms with Crippen LogP contribution in [0.25, 0.3) is 16.9 Å². The Labute approximate surface area is 205 Å². The van der Waals surface area contributed by atoms with Gasteiger partial charge in [-0.3, -0.25) is 9.36 Å². The minimum atomic E-state index is -0.559. The minimum absolute atomic E-state index is 0.0689. The second-order valence-corrected chi connectivity index (χ2v) is 10.6. The zero-order valence-electron chi connectivity index (χ0n) is 19.0. The second-order valence-electron chi connectivity index (χ2n) is 8.88. The first kappa shape index (κ1) is 23.6. The maximum atomic E-state index is 13.2. The van der Waals surface area contributed by atoms with Crippen molar-refractivity contribution in [3.8, 4) is 5.95 Å². The summed E-state index contributed by atoms with van der Waals surface area (Å²) in [7, 11) is 0. The molecule has 0 unspecified atom stereocenters. The lowest BCUT2D eigenvalue weighted by Gasteiger charge is -2.22. The average Bonchev–Trinajstić information content (AvgIpc) is 3.36. The minimum Gasteiger partial charge on any atom is -0.444 e. The van der Waals surface area contributed by atoms with E-state index in [0.717, 1.165) is 20.3 Å². The molecule has 0 radical (unpaired) electrons. The lowest BCUT2D eigenvalue weighted by molar-refractivity contribution is 0.0502. The van der Waals surface area contributed by atoms with Gasteiger partial charge in [-0.2, -0.15) is 0 Å². The monoisotopic (exact) mass is 531 g/mol. The summed E-state index contributed by atoms with van der Waals surface area (Å²) in [5, 5.41) is 3.90. The first-order valence-electron chi connectivity index (χ1n) is 10.6. The summed E-state index contributed by atoms with van der Waals surface area (Å²) in [6.45, 7) is 6.49. The first-order valence-corrected chi connectivity index (χ1v) is 12.6. The number of carbonyl (C=O) groups excluding carboxylic acids is 2. The summed E-state index contributed by atoms with van der Waals surface area (Å²) in [5.74, 6) is 0.469. The number of carbonyl (C=O) groups is 2. The van der Waals surface area contributed by atoms with Crippen molar-refractivity contribution in [1.29, 1.82) is 0 Å². The second kappa shape index (κ2) is 9.34. The van der Waals surface area contributed by atoms with Crippen LogP contribution in [0.5, 0.6) is 0 Å². The van der Waals surface area contributed by atoms with Crippen LogP contribution in [0.1, 0.15) is 37.6 Å². The highest BCUT2D eigenvalue weighted by atomic mass is 79.9. The Hall–Kier alpha value is -2.59. The lowest BCUT2D eigenvalue weighted by Crippen LogP contribution is -2.41. The van der Waals surface area contributed by atoms with E-state index in [0.29, 0.717) is 31.0 Å². The number of aromatic nitrogens is 3. The SMILES string of the molecule is CSc1cn(-c2ncc(Br)cn2)c2cc(C(=O)N3CC[C@@H](NC(=O)OC(C)(C)C)C3)ccc12. The van der Waals surface area contributed by atoms with Gasteiger partial charge in [0, 0.05) is 47.5 Å². The van der Waals surface area contributed by atoms with E-state index in [1.165, 1.54) is 0 Å². The molecule has 1 atom stereocenters. The lowest BCUT2D eigenvalue weighted by atomic mass is 10.1. The van der Waals surface area contributed by atoms with Crippen molar-refractivity contribution < 1.29 is 14.3 Å².